The van der Waals surface area contributed by atoms with Crippen molar-refractivity contribution in [3.63, 3.8) is 0 Å². The standard InChI is InChI=1S/C25H24N4O5S/c1-2-3-16-29(20-11-5-4-6-12-20)35(32,33)21-13-9-10-19(17-21)25(31)34-18-28-24(30)22-14-7-8-15-23(22)26-27-28/h4-15,17H,2-3,16,18H2,1H3. The quantitative estimate of drug-likeness (QED) is 0.328. The molecule has 0 bridgehead atoms. The lowest BCUT2D eigenvalue weighted by Gasteiger charge is -2.24. The molecule has 4 rings (SSSR count). The van der Waals surface area contributed by atoms with Gasteiger partial charge < -0.3 is 4.74 Å². The lowest BCUT2D eigenvalue weighted by Crippen LogP contribution is -2.32. The molecule has 3 aromatic carbocycles. The Bertz CT molecular complexity index is 1500. The number of anilines is 1. The number of carbonyl (C=O) groups is 1. The zero-order valence-electron chi connectivity index (χ0n) is 19.1. The molecule has 35 heavy (non-hydrogen) atoms. The molecular formula is C25H24N4O5S. The van der Waals surface area contributed by atoms with Crippen molar-refractivity contribution in [2.24, 2.45) is 0 Å². The number of aromatic nitrogens is 3. The zero-order valence-corrected chi connectivity index (χ0v) is 19.9. The van der Waals surface area contributed by atoms with E-state index in [-0.39, 0.29) is 10.5 Å². The van der Waals surface area contributed by atoms with Gasteiger partial charge in [-0.15, -0.1) is 5.10 Å². The van der Waals surface area contributed by atoms with Crippen LogP contribution in [-0.4, -0.2) is 35.9 Å². The molecule has 180 valence electrons. The molecule has 1 aromatic heterocycles. The van der Waals surface area contributed by atoms with Gasteiger partial charge in [0.25, 0.3) is 15.6 Å². The highest BCUT2D eigenvalue weighted by Crippen LogP contribution is 2.25. The minimum absolute atomic E-state index is 0.0328. The summed E-state index contributed by atoms with van der Waals surface area (Å²) < 4.78 is 34.5. The molecule has 0 amide bonds. The van der Waals surface area contributed by atoms with Gasteiger partial charge >= 0.3 is 5.97 Å². The number of ether oxygens (including phenoxy) is 1. The third-order valence-corrected chi connectivity index (χ3v) is 7.19. The molecule has 0 saturated heterocycles. The fourth-order valence-electron chi connectivity index (χ4n) is 3.51. The minimum atomic E-state index is -3.93. The van der Waals surface area contributed by atoms with Gasteiger partial charge in [-0.05, 0) is 48.9 Å². The maximum absolute atomic E-state index is 13.5. The van der Waals surface area contributed by atoms with Crippen LogP contribution in [0.4, 0.5) is 5.69 Å². The lowest BCUT2D eigenvalue weighted by atomic mass is 10.2. The van der Waals surface area contributed by atoms with E-state index in [2.05, 4.69) is 10.3 Å². The highest BCUT2D eigenvalue weighted by molar-refractivity contribution is 7.92. The number of para-hydroxylation sites is 1. The Morgan fingerprint density at radius 1 is 1.00 bits per heavy atom. The van der Waals surface area contributed by atoms with E-state index in [0.717, 1.165) is 11.1 Å². The van der Waals surface area contributed by atoms with Crippen LogP contribution in [-0.2, 0) is 21.5 Å². The normalized spacial score (nSPS) is 11.3. The molecule has 0 unspecified atom stereocenters. The summed E-state index contributed by atoms with van der Waals surface area (Å²) in [7, 11) is -3.93. The SMILES string of the molecule is CCCCN(c1ccccc1)S(=O)(=O)c1cccc(C(=O)OCn2nnc3ccccc3c2=O)c1. The molecule has 0 aliphatic carbocycles. The molecule has 1 heterocycles. The fraction of sp³-hybridized carbons (Fsp3) is 0.200. The number of nitrogens with zero attached hydrogens (tertiary/aromatic N) is 4. The van der Waals surface area contributed by atoms with E-state index in [1.807, 2.05) is 13.0 Å². The predicted octanol–water partition coefficient (Wildman–Crippen LogP) is 3.60. The summed E-state index contributed by atoms with van der Waals surface area (Å²) in [4.78, 5) is 25.2. The van der Waals surface area contributed by atoms with E-state index in [9.17, 15) is 18.0 Å². The first-order valence-electron chi connectivity index (χ1n) is 11.1. The summed E-state index contributed by atoms with van der Waals surface area (Å²) in [6, 6.07) is 21.2. The van der Waals surface area contributed by atoms with Crippen LogP contribution in [0.5, 0.6) is 0 Å². The molecule has 0 N–H and O–H groups in total. The van der Waals surface area contributed by atoms with Gasteiger partial charge in [0, 0.05) is 6.54 Å². The number of sulfonamides is 1. The fourth-order valence-corrected chi connectivity index (χ4v) is 5.06. The Balaban J connectivity index is 1.56. The van der Waals surface area contributed by atoms with Crippen LogP contribution in [0.3, 0.4) is 0 Å². The Morgan fingerprint density at radius 3 is 2.51 bits per heavy atom. The first-order valence-corrected chi connectivity index (χ1v) is 12.5. The maximum atomic E-state index is 13.5. The van der Waals surface area contributed by atoms with E-state index in [1.54, 1.807) is 48.5 Å². The Labute approximate surface area is 202 Å². The summed E-state index contributed by atoms with van der Waals surface area (Å²) in [5.74, 6) is -0.788. The van der Waals surface area contributed by atoms with Crippen LogP contribution in [0.15, 0.2) is 88.6 Å². The minimum Gasteiger partial charge on any atom is -0.439 e. The van der Waals surface area contributed by atoms with Crippen LogP contribution in [0, 0.1) is 0 Å². The smallest absolute Gasteiger partial charge is 0.339 e. The zero-order chi connectivity index (χ0) is 24.8. The molecule has 0 atom stereocenters. The molecule has 0 aliphatic rings. The van der Waals surface area contributed by atoms with Gasteiger partial charge in [-0.3, -0.25) is 9.10 Å². The van der Waals surface area contributed by atoms with Crippen LogP contribution in [0.25, 0.3) is 10.9 Å². The number of fused-ring (bicyclic) bond motifs is 1. The average molecular weight is 493 g/mol. The number of unbranched alkanes of at least 4 members (excludes halogenated alkanes) is 1. The molecule has 0 aliphatic heterocycles. The van der Waals surface area contributed by atoms with Crippen LogP contribution >= 0.6 is 0 Å². The van der Waals surface area contributed by atoms with Crippen molar-refractivity contribution in [3.05, 3.63) is 94.8 Å². The third kappa shape index (κ3) is 5.22. The van der Waals surface area contributed by atoms with Crippen molar-refractivity contribution in [2.45, 2.75) is 31.4 Å². The number of benzene rings is 3. The Morgan fingerprint density at radius 2 is 1.74 bits per heavy atom. The molecule has 10 heteroatoms. The van der Waals surface area contributed by atoms with E-state index in [4.69, 9.17) is 4.74 Å². The third-order valence-electron chi connectivity index (χ3n) is 5.36. The number of hydrogen-bond donors (Lipinski definition) is 0. The van der Waals surface area contributed by atoms with Gasteiger partial charge in [-0.2, -0.15) is 4.68 Å². The van der Waals surface area contributed by atoms with Crippen molar-refractivity contribution in [3.8, 4) is 0 Å². The molecular weight excluding hydrogens is 468 g/mol. The lowest BCUT2D eigenvalue weighted by molar-refractivity contribution is 0.0336. The summed E-state index contributed by atoms with van der Waals surface area (Å²) in [5, 5.41) is 8.08. The Kier molecular flexibility index (Phi) is 7.21. The monoisotopic (exact) mass is 492 g/mol. The van der Waals surface area contributed by atoms with Crippen molar-refractivity contribution in [2.75, 3.05) is 10.8 Å². The van der Waals surface area contributed by atoms with E-state index in [0.29, 0.717) is 29.6 Å². The van der Waals surface area contributed by atoms with Crippen molar-refractivity contribution in [1.82, 2.24) is 15.0 Å². The summed E-state index contributed by atoms with van der Waals surface area (Å²) in [5.41, 5.74) is 0.567. The highest BCUT2D eigenvalue weighted by atomic mass is 32.2. The van der Waals surface area contributed by atoms with Gasteiger partial charge in [0.1, 0.15) is 5.52 Å². The van der Waals surface area contributed by atoms with Gasteiger partial charge in [-0.1, -0.05) is 55.0 Å². The number of carbonyl (C=O) groups excluding carboxylic acids is 1. The van der Waals surface area contributed by atoms with Crippen LogP contribution in [0.2, 0.25) is 0 Å². The van der Waals surface area contributed by atoms with E-state index in [1.165, 1.54) is 28.6 Å². The second kappa shape index (κ2) is 10.5. The molecule has 4 aromatic rings. The molecule has 9 nitrogen and oxygen atoms in total. The summed E-state index contributed by atoms with van der Waals surface area (Å²) >= 11 is 0. The van der Waals surface area contributed by atoms with Gasteiger partial charge in [0.05, 0.1) is 21.5 Å². The highest BCUT2D eigenvalue weighted by Gasteiger charge is 2.25. The van der Waals surface area contributed by atoms with Crippen molar-refractivity contribution in [1.29, 1.82) is 0 Å². The maximum Gasteiger partial charge on any atom is 0.339 e. The Hall–Kier alpha value is -4.05. The first-order chi connectivity index (χ1) is 16.9. The first kappa shape index (κ1) is 24.1. The number of esters is 1. The molecule has 0 spiro atoms. The van der Waals surface area contributed by atoms with Gasteiger partial charge in [0.15, 0.2) is 6.73 Å². The van der Waals surface area contributed by atoms with Gasteiger partial charge in [0.2, 0.25) is 0 Å². The summed E-state index contributed by atoms with van der Waals surface area (Å²) in [6.45, 7) is 1.83. The average Bonchev–Trinajstić information content (AvgIpc) is 2.89. The molecule has 0 fully saturated rings. The van der Waals surface area contributed by atoms with Crippen LogP contribution in [0.1, 0.15) is 30.1 Å². The van der Waals surface area contributed by atoms with Crippen molar-refractivity contribution < 1.29 is 17.9 Å². The van der Waals surface area contributed by atoms with Gasteiger partial charge in [-0.25, -0.2) is 13.2 Å². The van der Waals surface area contributed by atoms with E-state index < -0.39 is 28.3 Å². The second-order valence-corrected chi connectivity index (χ2v) is 9.63. The number of rotatable bonds is 9. The number of hydrogen-bond acceptors (Lipinski definition) is 7. The van der Waals surface area contributed by atoms with Crippen LogP contribution < -0.4 is 9.86 Å². The topological polar surface area (TPSA) is 111 Å². The largest absolute Gasteiger partial charge is 0.439 e. The molecule has 0 saturated carbocycles. The predicted molar refractivity (Wildman–Crippen MR) is 132 cm³/mol. The molecule has 0 radical (unpaired) electrons. The van der Waals surface area contributed by atoms with Crippen molar-refractivity contribution >= 4 is 32.6 Å². The summed E-state index contributed by atoms with van der Waals surface area (Å²) in [6.07, 6.45) is 1.50. The van der Waals surface area contributed by atoms with E-state index >= 15 is 0 Å². The second-order valence-electron chi connectivity index (χ2n) is 7.77.